The van der Waals surface area contributed by atoms with Crippen LogP contribution in [0, 0.1) is 13.8 Å². The summed E-state index contributed by atoms with van der Waals surface area (Å²) in [7, 11) is 0. The van der Waals surface area contributed by atoms with Gasteiger partial charge in [0.05, 0.1) is 5.69 Å². The highest BCUT2D eigenvalue weighted by Gasteiger charge is 2.18. The molecule has 1 heterocycles. The molecule has 0 unspecified atom stereocenters. The molecule has 0 radical (unpaired) electrons. The van der Waals surface area contributed by atoms with E-state index < -0.39 is 13.0 Å². The van der Waals surface area contributed by atoms with E-state index in [4.69, 9.17) is 16.3 Å². The molecular formula is C15H13BrClF2N3O2. The van der Waals surface area contributed by atoms with Crippen LogP contribution in [0.5, 0.6) is 0 Å². The number of alkyl halides is 2. The molecule has 0 aliphatic heterocycles. The zero-order valence-corrected chi connectivity index (χ0v) is 15.1. The molecule has 0 aliphatic rings. The molecule has 128 valence electrons. The highest BCUT2D eigenvalue weighted by Crippen LogP contribution is 2.28. The second kappa shape index (κ2) is 7.85. The second-order valence-electron chi connectivity index (χ2n) is 4.94. The van der Waals surface area contributed by atoms with E-state index in [1.807, 2.05) is 0 Å². The van der Waals surface area contributed by atoms with Gasteiger partial charge in [-0.25, -0.2) is 13.8 Å². The fraction of sp³-hybridized carbons (Fsp3) is 0.267. The van der Waals surface area contributed by atoms with Crippen LogP contribution in [0.25, 0.3) is 0 Å². The minimum atomic E-state index is -2.62. The molecule has 9 heteroatoms. The van der Waals surface area contributed by atoms with Crippen LogP contribution in [-0.4, -0.2) is 28.6 Å². The van der Waals surface area contributed by atoms with Gasteiger partial charge >= 0.3 is 0 Å². The minimum Gasteiger partial charge on any atom is -0.407 e. The first-order valence-electron chi connectivity index (χ1n) is 6.79. The average Bonchev–Trinajstić information content (AvgIpc) is 2.81. The average molecular weight is 421 g/mol. The van der Waals surface area contributed by atoms with Crippen molar-refractivity contribution in [2.24, 2.45) is 4.99 Å². The van der Waals surface area contributed by atoms with Crippen LogP contribution in [0.2, 0.25) is 5.02 Å². The molecule has 0 fully saturated rings. The Bertz CT molecular complexity index is 770. The number of nitrogens with zero attached hydrogens (tertiary/aromatic N) is 3. The number of hydrogen-bond acceptors (Lipinski definition) is 4. The maximum Gasteiger partial charge on any atom is 0.299 e. The normalized spacial score (nSPS) is 11.9. The van der Waals surface area contributed by atoms with E-state index in [1.165, 1.54) is 6.07 Å². The topological polar surface area (TPSA) is 56.5 Å². The van der Waals surface area contributed by atoms with E-state index in [-0.39, 0.29) is 18.1 Å². The number of aryl methyl sites for hydroxylation is 2. The van der Waals surface area contributed by atoms with Gasteiger partial charge in [0.2, 0.25) is 5.90 Å². The maximum atomic E-state index is 12.7. The van der Waals surface area contributed by atoms with Gasteiger partial charge in [0.15, 0.2) is 0 Å². The van der Waals surface area contributed by atoms with Gasteiger partial charge in [0, 0.05) is 11.1 Å². The van der Waals surface area contributed by atoms with Crippen LogP contribution in [0.1, 0.15) is 16.8 Å². The lowest BCUT2D eigenvalue weighted by molar-refractivity contribution is -0.121. The Kier molecular flexibility index (Phi) is 6.06. The van der Waals surface area contributed by atoms with Crippen molar-refractivity contribution in [3.8, 4) is 0 Å². The van der Waals surface area contributed by atoms with Crippen LogP contribution in [0.15, 0.2) is 27.8 Å². The molecule has 0 amide bonds. The Morgan fingerprint density at radius 2 is 2.04 bits per heavy atom. The SMILES string of the molecule is Cc1cc(Cl)cc(C)c1N=C(OC=O)c1cc(Br)nn1CC(F)F. The number of aliphatic imine (C=N–C) groups is 1. The number of ether oxygens (including phenoxy) is 1. The molecule has 0 spiro atoms. The van der Waals surface area contributed by atoms with Crippen LogP contribution in [-0.2, 0) is 16.1 Å². The first-order chi connectivity index (χ1) is 11.3. The summed E-state index contributed by atoms with van der Waals surface area (Å²) in [6.45, 7) is 3.12. The zero-order chi connectivity index (χ0) is 17.9. The van der Waals surface area contributed by atoms with Gasteiger partial charge in [-0.15, -0.1) is 0 Å². The molecular weight excluding hydrogens is 408 g/mol. The molecule has 0 saturated heterocycles. The van der Waals surface area contributed by atoms with Crippen LogP contribution >= 0.6 is 27.5 Å². The molecule has 0 saturated carbocycles. The standard InChI is InChI=1S/C15H13BrClF2N3O2/c1-8-3-10(17)4-9(2)14(8)20-15(24-7-23)11-5-12(16)21-22(11)6-13(18)19/h3-5,7,13H,6H2,1-2H3. The van der Waals surface area contributed by atoms with E-state index in [9.17, 15) is 13.6 Å². The number of carbonyl (C=O) groups is 1. The van der Waals surface area contributed by atoms with E-state index in [0.29, 0.717) is 15.3 Å². The third kappa shape index (κ3) is 4.39. The molecule has 1 aromatic carbocycles. The number of hydrogen-bond donors (Lipinski definition) is 0. The first-order valence-corrected chi connectivity index (χ1v) is 7.96. The summed E-state index contributed by atoms with van der Waals surface area (Å²) in [6, 6.07) is 4.86. The highest BCUT2D eigenvalue weighted by atomic mass is 79.9. The van der Waals surface area contributed by atoms with Gasteiger partial charge in [0.25, 0.3) is 12.9 Å². The monoisotopic (exact) mass is 419 g/mol. The second-order valence-corrected chi connectivity index (χ2v) is 6.19. The van der Waals surface area contributed by atoms with Crippen molar-refractivity contribution >= 4 is 45.6 Å². The van der Waals surface area contributed by atoms with E-state index in [0.717, 1.165) is 15.8 Å². The summed E-state index contributed by atoms with van der Waals surface area (Å²) < 4.78 is 31.7. The van der Waals surface area contributed by atoms with Crippen molar-refractivity contribution in [2.45, 2.75) is 26.8 Å². The molecule has 1 aromatic heterocycles. The predicted octanol–water partition coefficient (Wildman–Crippen LogP) is 4.43. The van der Waals surface area contributed by atoms with E-state index in [1.54, 1.807) is 26.0 Å². The summed E-state index contributed by atoms with van der Waals surface area (Å²) in [5, 5.41) is 4.46. The summed E-state index contributed by atoms with van der Waals surface area (Å²) in [5.41, 5.74) is 2.21. The molecule has 0 aliphatic carbocycles. The van der Waals surface area contributed by atoms with Gasteiger partial charge < -0.3 is 4.74 Å². The molecule has 24 heavy (non-hydrogen) atoms. The van der Waals surface area contributed by atoms with Gasteiger partial charge in [-0.3, -0.25) is 9.48 Å². The van der Waals surface area contributed by atoms with Crippen molar-refractivity contribution < 1.29 is 18.3 Å². The van der Waals surface area contributed by atoms with Crippen LogP contribution < -0.4 is 0 Å². The van der Waals surface area contributed by atoms with Gasteiger partial charge in [-0.1, -0.05) is 11.6 Å². The molecule has 0 bridgehead atoms. The fourth-order valence-corrected chi connectivity index (χ4v) is 2.93. The number of benzene rings is 1. The summed E-state index contributed by atoms with van der Waals surface area (Å²) in [4.78, 5) is 15.1. The minimum absolute atomic E-state index is 0.127. The Labute approximate surface area is 150 Å². The fourth-order valence-electron chi connectivity index (χ4n) is 2.20. The van der Waals surface area contributed by atoms with E-state index in [2.05, 4.69) is 26.0 Å². The largest absolute Gasteiger partial charge is 0.407 e. The van der Waals surface area contributed by atoms with Gasteiger partial charge in [0.1, 0.15) is 16.8 Å². The summed E-state index contributed by atoms with van der Waals surface area (Å²) in [6.07, 6.45) is -2.62. The Morgan fingerprint density at radius 3 is 2.58 bits per heavy atom. The van der Waals surface area contributed by atoms with Crippen molar-refractivity contribution in [1.82, 2.24) is 9.78 Å². The number of rotatable bonds is 5. The molecule has 0 N–H and O–H groups in total. The highest BCUT2D eigenvalue weighted by molar-refractivity contribution is 9.10. The zero-order valence-electron chi connectivity index (χ0n) is 12.8. The predicted molar refractivity (Wildman–Crippen MR) is 90.2 cm³/mol. The quantitative estimate of drug-likeness (QED) is 0.408. The van der Waals surface area contributed by atoms with Crippen molar-refractivity contribution in [3.05, 3.63) is 44.6 Å². The van der Waals surface area contributed by atoms with Crippen LogP contribution in [0.3, 0.4) is 0 Å². The Balaban J connectivity index is 2.57. The lowest BCUT2D eigenvalue weighted by Crippen LogP contribution is -2.17. The lowest BCUT2D eigenvalue weighted by atomic mass is 10.1. The van der Waals surface area contributed by atoms with Crippen molar-refractivity contribution in [1.29, 1.82) is 0 Å². The first kappa shape index (κ1) is 18.5. The van der Waals surface area contributed by atoms with Gasteiger partial charge in [-0.05, 0) is 53.0 Å². The lowest BCUT2D eigenvalue weighted by Gasteiger charge is -2.10. The van der Waals surface area contributed by atoms with Crippen molar-refractivity contribution in [3.63, 3.8) is 0 Å². The molecule has 0 atom stereocenters. The smallest absolute Gasteiger partial charge is 0.299 e. The van der Waals surface area contributed by atoms with Crippen LogP contribution in [0.4, 0.5) is 14.5 Å². The summed E-state index contributed by atoms with van der Waals surface area (Å²) in [5.74, 6) is -0.127. The molecule has 5 nitrogen and oxygen atoms in total. The Morgan fingerprint density at radius 1 is 1.42 bits per heavy atom. The van der Waals surface area contributed by atoms with E-state index >= 15 is 0 Å². The molecule has 2 rings (SSSR count). The maximum absolute atomic E-state index is 12.7. The van der Waals surface area contributed by atoms with Crippen molar-refractivity contribution in [2.75, 3.05) is 0 Å². The summed E-state index contributed by atoms with van der Waals surface area (Å²) >= 11 is 9.11. The number of carbonyl (C=O) groups excluding carboxylic acids is 1. The Hall–Kier alpha value is -1.80. The number of halogens is 4. The third-order valence-corrected chi connectivity index (χ3v) is 3.71. The van der Waals surface area contributed by atoms with Gasteiger partial charge in [-0.2, -0.15) is 5.10 Å². The number of aromatic nitrogens is 2. The molecule has 2 aromatic rings. The third-order valence-electron chi connectivity index (χ3n) is 3.11.